The van der Waals surface area contributed by atoms with Crippen molar-refractivity contribution in [2.24, 2.45) is 23.3 Å². The van der Waals surface area contributed by atoms with E-state index in [0.29, 0.717) is 11.3 Å². The average molecular weight is 716 g/mol. The van der Waals surface area contributed by atoms with Crippen molar-refractivity contribution in [2.75, 3.05) is 6.61 Å². The van der Waals surface area contributed by atoms with Gasteiger partial charge < -0.3 is 53.2 Å². The monoisotopic (exact) mass is 715 g/mol. The van der Waals surface area contributed by atoms with Crippen molar-refractivity contribution in [1.29, 1.82) is 0 Å². The van der Waals surface area contributed by atoms with Crippen LogP contribution in [0.1, 0.15) is 51.8 Å². The molecule has 0 bridgehead atoms. The average Bonchev–Trinajstić information content (AvgIpc) is 3.57. The van der Waals surface area contributed by atoms with E-state index in [1.54, 1.807) is 44.2 Å². The van der Waals surface area contributed by atoms with Crippen LogP contribution in [0.25, 0.3) is 0 Å². The molecule has 6 amide bonds. The Morgan fingerprint density at radius 2 is 1.31 bits per heavy atom. The number of nitrogens with two attached hydrogens (primary N) is 2. The van der Waals surface area contributed by atoms with E-state index in [-0.39, 0.29) is 25.2 Å². The van der Waals surface area contributed by atoms with Gasteiger partial charge in [-0.1, -0.05) is 58.0 Å². The third kappa shape index (κ3) is 14.2. The molecule has 0 spiro atoms. The smallest absolute Gasteiger partial charge is 0.328 e. The van der Waals surface area contributed by atoms with E-state index in [1.807, 2.05) is 13.8 Å². The molecule has 18 nitrogen and oxygen atoms in total. The summed E-state index contributed by atoms with van der Waals surface area (Å²) in [5, 5.41) is 31.3. The Bertz CT molecular complexity index is 1490. The second-order valence-electron chi connectivity index (χ2n) is 12.9. The number of hydrogen-bond donors (Lipinski definition) is 10. The highest BCUT2D eigenvalue weighted by Crippen LogP contribution is 2.11. The Balaban J connectivity index is 2.30. The highest BCUT2D eigenvalue weighted by molar-refractivity contribution is 5.97. The predicted octanol–water partition coefficient (Wildman–Crippen LogP) is -2.40. The molecule has 12 N–H and O–H groups in total. The number of nitrogens with zero attached hydrogens (tertiary/aromatic N) is 1. The first-order valence-corrected chi connectivity index (χ1v) is 16.4. The minimum Gasteiger partial charge on any atom is -0.480 e. The molecular weight excluding hydrogens is 666 g/mol. The van der Waals surface area contributed by atoms with Gasteiger partial charge in [-0.05, 0) is 23.8 Å². The van der Waals surface area contributed by atoms with Crippen molar-refractivity contribution in [3.05, 3.63) is 54.1 Å². The van der Waals surface area contributed by atoms with Crippen molar-refractivity contribution >= 4 is 41.4 Å². The molecule has 0 saturated carbocycles. The number of primary amides is 1. The number of amides is 6. The van der Waals surface area contributed by atoms with Gasteiger partial charge in [0.2, 0.25) is 35.4 Å². The number of aromatic nitrogens is 2. The fourth-order valence-corrected chi connectivity index (χ4v) is 4.96. The lowest BCUT2D eigenvalue weighted by atomic mass is 9.98. The zero-order valence-electron chi connectivity index (χ0n) is 29.0. The standard InChI is InChI=1S/C33H49N9O9/c1-17(2)10-22(39-29(46)23(11-19-8-6-5-7-9-19)38-28(45)21(34)13-26(35)44)31(48)42-27(18(3)4)32(49)40-24(12-20-14-36-16-37-20)30(47)41-25(15-43)33(50)51/h5-9,14,16-18,21-25,27,43H,10-13,15,34H2,1-4H3,(H2,35,44)(H,36,37)(H,38,45)(H,39,46)(H,40,49)(H,41,47)(H,42,48)(H,50,51)/t21-,22-,23-,24-,25-,27-/m0/s1. The van der Waals surface area contributed by atoms with Crippen molar-refractivity contribution < 1.29 is 43.8 Å². The number of aliphatic hydroxyl groups excluding tert-OH is 1. The maximum atomic E-state index is 13.8. The Morgan fingerprint density at radius 1 is 0.765 bits per heavy atom. The van der Waals surface area contributed by atoms with Crippen molar-refractivity contribution in [1.82, 2.24) is 36.6 Å². The maximum Gasteiger partial charge on any atom is 0.328 e. The van der Waals surface area contributed by atoms with Crippen LogP contribution in [0.3, 0.4) is 0 Å². The number of aromatic amines is 1. The lowest BCUT2D eigenvalue weighted by Crippen LogP contribution is -2.61. The molecule has 0 radical (unpaired) electrons. The number of hydrogen-bond acceptors (Lipinski definition) is 10. The topological polar surface area (TPSA) is 301 Å². The first-order valence-electron chi connectivity index (χ1n) is 16.4. The van der Waals surface area contributed by atoms with Crippen LogP contribution in [-0.4, -0.2) is 104 Å². The molecule has 0 fully saturated rings. The van der Waals surface area contributed by atoms with E-state index < -0.39 is 96.6 Å². The van der Waals surface area contributed by atoms with E-state index in [2.05, 4.69) is 36.6 Å². The van der Waals surface area contributed by atoms with Crippen LogP contribution in [0.15, 0.2) is 42.9 Å². The molecule has 280 valence electrons. The summed E-state index contributed by atoms with van der Waals surface area (Å²) in [5.41, 5.74) is 12.1. The van der Waals surface area contributed by atoms with Crippen LogP contribution >= 0.6 is 0 Å². The molecule has 0 aliphatic heterocycles. The first kappa shape index (κ1) is 41.8. The number of benzene rings is 1. The summed E-state index contributed by atoms with van der Waals surface area (Å²) in [7, 11) is 0. The molecule has 2 aromatic rings. The molecule has 1 aromatic carbocycles. The van der Waals surface area contributed by atoms with Crippen molar-refractivity contribution in [2.45, 2.75) is 89.6 Å². The van der Waals surface area contributed by atoms with Gasteiger partial charge in [0.05, 0.1) is 25.4 Å². The second kappa shape index (κ2) is 20.3. The summed E-state index contributed by atoms with van der Waals surface area (Å²) >= 11 is 0. The highest BCUT2D eigenvalue weighted by Gasteiger charge is 2.34. The molecule has 0 saturated heterocycles. The van der Waals surface area contributed by atoms with E-state index in [4.69, 9.17) is 11.5 Å². The third-order valence-electron chi connectivity index (χ3n) is 7.67. The van der Waals surface area contributed by atoms with Gasteiger partial charge in [0.15, 0.2) is 0 Å². The van der Waals surface area contributed by atoms with Crippen molar-refractivity contribution in [3.8, 4) is 0 Å². The van der Waals surface area contributed by atoms with Crippen LogP contribution in [-0.2, 0) is 46.4 Å². The minimum absolute atomic E-state index is 0.0214. The molecule has 0 unspecified atom stereocenters. The number of aliphatic carboxylic acids is 1. The number of carbonyl (C=O) groups is 7. The first-order chi connectivity index (χ1) is 24.0. The Kier molecular flexibility index (Phi) is 16.7. The van der Waals surface area contributed by atoms with Crippen LogP contribution in [0.5, 0.6) is 0 Å². The van der Waals surface area contributed by atoms with E-state index in [1.165, 1.54) is 12.5 Å². The Labute approximate surface area is 295 Å². The van der Waals surface area contributed by atoms with Gasteiger partial charge in [-0.3, -0.25) is 28.8 Å². The van der Waals surface area contributed by atoms with Gasteiger partial charge in [-0.15, -0.1) is 0 Å². The fraction of sp³-hybridized carbons (Fsp3) is 0.515. The van der Waals surface area contributed by atoms with Gasteiger partial charge in [0.1, 0.15) is 30.2 Å². The van der Waals surface area contributed by atoms with Gasteiger partial charge in [0.25, 0.3) is 0 Å². The molecule has 1 aromatic heterocycles. The zero-order valence-corrected chi connectivity index (χ0v) is 29.0. The number of imidazole rings is 1. The summed E-state index contributed by atoms with van der Waals surface area (Å²) in [6, 6.07) is 0.871. The second-order valence-corrected chi connectivity index (χ2v) is 12.9. The summed E-state index contributed by atoms with van der Waals surface area (Å²) in [6.45, 7) is 6.05. The van der Waals surface area contributed by atoms with E-state index in [0.717, 1.165) is 0 Å². The number of nitrogens with one attached hydrogen (secondary N) is 6. The Morgan fingerprint density at radius 3 is 1.82 bits per heavy atom. The fourth-order valence-electron chi connectivity index (χ4n) is 4.96. The number of carboxylic acids is 1. The van der Waals surface area contributed by atoms with E-state index in [9.17, 15) is 43.8 Å². The van der Waals surface area contributed by atoms with Crippen LogP contribution in [0, 0.1) is 11.8 Å². The normalized spacial score (nSPS) is 14.7. The lowest BCUT2D eigenvalue weighted by Gasteiger charge is -2.29. The number of carbonyl (C=O) groups excluding carboxylic acids is 6. The van der Waals surface area contributed by atoms with Gasteiger partial charge in [-0.25, -0.2) is 9.78 Å². The third-order valence-corrected chi connectivity index (χ3v) is 7.67. The molecule has 18 heteroatoms. The predicted molar refractivity (Wildman–Crippen MR) is 183 cm³/mol. The van der Waals surface area contributed by atoms with Crippen LogP contribution in [0.4, 0.5) is 0 Å². The molecule has 6 atom stereocenters. The SMILES string of the molecule is CC(C)C[C@H](NC(=O)[C@H](Cc1ccccc1)NC(=O)[C@@H](N)CC(N)=O)C(=O)N[C@H](C(=O)N[C@@H](Cc1cnc[nH]1)C(=O)N[C@@H](CO)C(=O)O)C(C)C. The number of aliphatic hydroxyl groups is 1. The zero-order chi connectivity index (χ0) is 38.2. The van der Waals surface area contributed by atoms with Crippen LogP contribution < -0.4 is 38.1 Å². The molecule has 2 rings (SSSR count). The lowest BCUT2D eigenvalue weighted by molar-refractivity contribution is -0.143. The molecular formula is C33H49N9O9. The number of rotatable bonds is 21. The van der Waals surface area contributed by atoms with Gasteiger partial charge in [-0.2, -0.15) is 0 Å². The highest BCUT2D eigenvalue weighted by atomic mass is 16.4. The number of carboxylic acid groups (broad SMARTS) is 1. The summed E-state index contributed by atoms with van der Waals surface area (Å²) in [5.74, 6) is -6.85. The molecule has 0 aliphatic carbocycles. The summed E-state index contributed by atoms with van der Waals surface area (Å²) in [6.07, 6.45) is 2.35. The van der Waals surface area contributed by atoms with Gasteiger partial charge in [0, 0.05) is 24.7 Å². The number of H-pyrrole nitrogens is 1. The molecule has 0 aliphatic rings. The largest absolute Gasteiger partial charge is 0.480 e. The minimum atomic E-state index is -1.63. The quantitative estimate of drug-likeness (QED) is 0.0650. The van der Waals surface area contributed by atoms with Crippen molar-refractivity contribution in [3.63, 3.8) is 0 Å². The summed E-state index contributed by atoms with van der Waals surface area (Å²) < 4.78 is 0. The molecule has 1 heterocycles. The maximum absolute atomic E-state index is 13.8. The molecule has 51 heavy (non-hydrogen) atoms. The van der Waals surface area contributed by atoms with Crippen LogP contribution in [0.2, 0.25) is 0 Å². The summed E-state index contributed by atoms with van der Waals surface area (Å²) in [4.78, 5) is 96.4. The Hall–Kier alpha value is -5.36. The van der Waals surface area contributed by atoms with E-state index >= 15 is 0 Å². The van der Waals surface area contributed by atoms with Gasteiger partial charge >= 0.3 is 5.97 Å².